The third-order valence-corrected chi connectivity index (χ3v) is 10.8. The van der Waals surface area contributed by atoms with Crippen LogP contribution in [0.3, 0.4) is 0 Å². The van der Waals surface area contributed by atoms with E-state index in [1.807, 2.05) is 13.8 Å². The molecule has 1 saturated carbocycles. The second-order valence-electron chi connectivity index (χ2n) is 7.91. The lowest BCUT2D eigenvalue weighted by atomic mass is 9.87. The van der Waals surface area contributed by atoms with Crippen LogP contribution >= 0.6 is 8.44 Å². The molecule has 8 heteroatoms. The van der Waals surface area contributed by atoms with Crippen LogP contribution in [0.25, 0.3) is 0 Å². The number of aromatic nitrogens is 1. The van der Waals surface area contributed by atoms with Gasteiger partial charge >= 0.3 is 0 Å². The molecule has 0 aliphatic heterocycles. The molecule has 1 atom stereocenters. The minimum Gasteiger partial charge on any atom is -0.395 e. The monoisotopic (exact) mass is 376 g/mol. The summed E-state index contributed by atoms with van der Waals surface area (Å²) in [6, 6.07) is 1.60. The van der Waals surface area contributed by atoms with Crippen molar-refractivity contribution in [2.24, 2.45) is 5.92 Å². The third-order valence-electron chi connectivity index (χ3n) is 5.09. The predicted molar refractivity (Wildman–Crippen MR) is 101 cm³/mol. The average Bonchev–Trinajstić information content (AvgIpc) is 2.92. The third kappa shape index (κ3) is 3.89. The van der Waals surface area contributed by atoms with Gasteiger partial charge in [0.2, 0.25) is 11.8 Å². The van der Waals surface area contributed by atoms with Crippen LogP contribution in [0.5, 0.6) is 0 Å². The van der Waals surface area contributed by atoms with Crippen molar-refractivity contribution in [3.8, 4) is 0 Å². The normalized spacial score (nSPS) is 17.4. The molecule has 6 nitrogen and oxygen atoms in total. The minimum absolute atomic E-state index is 0.0827. The molecule has 0 radical (unpaired) electrons. The molecule has 1 unspecified atom stereocenters. The fraction of sp³-hybridized carbons (Fsp3) is 0.750. The first kappa shape index (κ1) is 19.5. The first-order valence-electron chi connectivity index (χ1n) is 8.27. The van der Waals surface area contributed by atoms with Crippen molar-refractivity contribution >= 4 is 29.8 Å². The van der Waals surface area contributed by atoms with Gasteiger partial charge in [-0.2, -0.15) is 0 Å². The fourth-order valence-electron chi connectivity index (χ4n) is 2.46. The molecule has 1 aromatic rings. The number of aliphatic hydroxyl groups excluding tert-OH is 1. The molecule has 1 fully saturated rings. The standard InChI is InChI=1S/C16H29N2O4PS/c1-15(2,10-19)12-8-13(22-18-12)17-14(20)16(3,4)24(21,23)9-11-6-5-7-11/h8,11,19,24H,5-7,9-10,23H2,1-4H3,(H,17,20). The molecule has 2 N–H and O–H groups in total. The summed E-state index contributed by atoms with van der Waals surface area (Å²) < 4.78 is 17.3. The summed E-state index contributed by atoms with van der Waals surface area (Å²) in [5.41, 5.74) is 0.00361. The number of carbonyl (C=O) groups is 1. The molecule has 0 aromatic carbocycles. The summed E-state index contributed by atoms with van der Waals surface area (Å²) in [6.45, 7) is 7.00. The Morgan fingerprint density at radius 2 is 2.08 bits per heavy atom. The summed E-state index contributed by atoms with van der Waals surface area (Å²) in [5.74, 6) is 0.905. The average molecular weight is 376 g/mol. The Morgan fingerprint density at radius 1 is 1.46 bits per heavy atom. The van der Waals surface area contributed by atoms with E-state index in [-0.39, 0.29) is 18.4 Å². The Kier molecular flexibility index (Phi) is 5.58. The van der Waals surface area contributed by atoms with E-state index in [1.54, 1.807) is 19.9 Å². The molecular weight excluding hydrogens is 347 g/mol. The van der Waals surface area contributed by atoms with Crippen molar-refractivity contribution in [1.29, 1.82) is 0 Å². The number of nitrogens with zero attached hydrogens (tertiary/aromatic N) is 1. The first-order chi connectivity index (χ1) is 11.0. The largest absolute Gasteiger partial charge is 0.395 e. The second-order valence-corrected chi connectivity index (χ2v) is 13.5. The zero-order chi connectivity index (χ0) is 18.2. The summed E-state index contributed by atoms with van der Waals surface area (Å²) in [4.78, 5) is 12.7. The van der Waals surface area contributed by atoms with Crippen molar-refractivity contribution in [2.75, 3.05) is 17.7 Å². The highest BCUT2D eigenvalue weighted by Gasteiger charge is 2.41. The Balaban J connectivity index is 2.08. The number of nitrogens with one attached hydrogen (secondary N) is 1. The zero-order valence-electron chi connectivity index (χ0n) is 14.8. The molecule has 0 bridgehead atoms. The zero-order valence-corrected chi connectivity index (χ0v) is 16.9. The van der Waals surface area contributed by atoms with Crippen molar-refractivity contribution in [2.45, 2.75) is 57.1 Å². The van der Waals surface area contributed by atoms with Gasteiger partial charge in [-0.25, -0.2) is 0 Å². The fourth-order valence-corrected chi connectivity index (χ4v) is 5.69. The molecule has 24 heavy (non-hydrogen) atoms. The van der Waals surface area contributed by atoms with E-state index in [4.69, 9.17) is 4.52 Å². The van der Waals surface area contributed by atoms with Gasteiger partial charge in [0.05, 0.1) is 17.0 Å². The van der Waals surface area contributed by atoms with Crippen molar-refractivity contribution < 1.29 is 18.6 Å². The molecule has 1 heterocycles. The number of carbonyl (C=O) groups excluding carboxylic acids is 1. The Hall–Kier alpha value is -0.780. The lowest BCUT2D eigenvalue weighted by Crippen LogP contribution is -2.48. The van der Waals surface area contributed by atoms with Crippen LogP contribution < -0.4 is 5.32 Å². The van der Waals surface area contributed by atoms with E-state index in [1.165, 1.54) is 6.42 Å². The summed E-state index contributed by atoms with van der Waals surface area (Å²) in [5, 5.41) is 16.0. The van der Waals surface area contributed by atoms with E-state index in [9.17, 15) is 14.1 Å². The second kappa shape index (κ2) is 6.85. The molecule has 1 aliphatic carbocycles. The van der Waals surface area contributed by atoms with Gasteiger partial charge in [0, 0.05) is 17.2 Å². The molecule has 1 aromatic heterocycles. The van der Waals surface area contributed by atoms with Gasteiger partial charge < -0.3 is 9.63 Å². The van der Waals surface area contributed by atoms with E-state index in [0.29, 0.717) is 17.4 Å². The summed E-state index contributed by atoms with van der Waals surface area (Å²) in [7, 11) is -0.287. The molecule has 0 spiro atoms. The Bertz CT molecular complexity index is 652. The SMILES string of the molecule is CC(C)(CO)c1cc(NC(=O)C(C)(C)[SH](=O)(P)CC2CCC2)on1. The van der Waals surface area contributed by atoms with Crippen LogP contribution in [-0.4, -0.2) is 37.5 Å². The first-order valence-corrected chi connectivity index (χ1v) is 11.8. The van der Waals surface area contributed by atoms with Gasteiger partial charge in [0.25, 0.3) is 0 Å². The topological polar surface area (TPSA) is 92.4 Å². The number of hydrogen-bond donors (Lipinski definition) is 3. The van der Waals surface area contributed by atoms with Gasteiger partial charge in [0.15, 0.2) is 0 Å². The van der Waals surface area contributed by atoms with Gasteiger partial charge in [-0.1, -0.05) is 43.4 Å². The smallest absolute Gasteiger partial charge is 0.243 e. The molecule has 0 saturated heterocycles. The quantitative estimate of drug-likeness (QED) is 0.501. The number of hydrogen-bond acceptors (Lipinski definition) is 5. The molecule has 2 rings (SSSR count). The maximum Gasteiger partial charge on any atom is 0.243 e. The predicted octanol–water partition coefficient (Wildman–Crippen LogP) is 2.27. The van der Waals surface area contributed by atoms with Crippen LogP contribution in [-0.2, 0) is 19.8 Å². The Labute approximate surface area is 146 Å². The number of aliphatic hydroxyl groups is 1. The van der Waals surface area contributed by atoms with Gasteiger partial charge in [-0.3, -0.25) is 14.3 Å². The van der Waals surface area contributed by atoms with E-state index in [0.717, 1.165) is 12.8 Å². The minimum atomic E-state index is -2.74. The van der Waals surface area contributed by atoms with E-state index >= 15 is 0 Å². The van der Waals surface area contributed by atoms with Gasteiger partial charge in [-0.05, 0) is 32.6 Å². The van der Waals surface area contributed by atoms with E-state index in [2.05, 4.69) is 18.9 Å². The van der Waals surface area contributed by atoms with Crippen LogP contribution in [0.15, 0.2) is 10.6 Å². The van der Waals surface area contributed by atoms with E-state index < -0.39 is 19.7 Å². The van der Waals surface area contributed by atoms with Crippen LogP contribution in [0.4, 0.5) is 5.88 Å². The highest BCUT2D eigenvalue weighted by atomic mass is 32.8. The number of anilines is 1. The Morgan fingerprint density at radius 3 is 2.58 bits per heavy atom. The van der Waals surface area contributed by atoms with Crippen molar-refractivity contribution in [3.05, 3.63) is 11.8 Å². The lowest BCUT2D eigenvalue weighted by Gasteiger charge is -2.39. The number of rotatable bonds is 7. The van der Waals surface area contributed by atoms with Gasteiger partial charge in [-0.15, -0.1) is 0 Å². The summed E-state index contributed by atoms with van der Waals surface area (Å²) in [6.07, 6.45) is 3.37. The van der Waals surface area contributed by atoms with Crippen molar-refractivity contribution in [1.82, 2.24) is 5.16 Å². The molecule has 138 valence electrons. The molecular formula is C16H29N2O4PS. The number of thiol groups is 1. The summed E-state index contributed by atoms with van der Waals surface area (Å²) >= 11 is 0. The lowest BCUT2D eigenvalue weighted by molar-refractivity contribution is -0.117. The van der Waals surface area contributed by atoms with Crippen molar-refractivity contribution in [3.63, 3.8) is 0 Å². The maximum atomic E-state index is 13.1. The number of amides is 1. The molecule has 1 amide bonds. The molecule has 1 aliphatic rings. The van der Waals surface area contributed by atoms with Crippen LogP contribution in [0, 0.1) is 5.92 Å². The van der Waals surface area contributed by atoms with Gasteiger partial charge in [0.1, 0.15) is 0 Å². The highest BCUT2D eigenvalue weighted by Crippen LogP contribution is 2.39. The highest BCUT2D eigenvalue weighted by molar-refractivity contribution is 8.46. The van der Waals surface area contributed by atoms with Crippen LogP contribution in [0.2, 0.25) is 0 Å². The van der Waals surface area contributed by atoms with Crippen LogP contribution in [0.1, 0.15) is 52.7 Å². The maximum absolute atomic E-state index is 13.1.